The van der Waals surface area contributed by atoms with Crippen molar-refractivity contribution in [3.63, 3.8) is 0 Å². The summed E-state index contributed by atoms with van der Waals surface area (Å²) in [7, 11) is 1.99. The van der Waals surface area contributed by atoms with Crippen LogP contribution < -0.4 is 33.1 Å². The van der Waals surface area contributed by atoms with E-state index >= 15 is 0 Å². The van der Waals surface area contributed by atoms with Crippen LogP contribution >= 0.6 is 15.9 Å². The molecule has 49 heteroatoms. The van der Waals surface area contributed by atoms with Gasteiger partial charge in [-0.05, 0) is 308 Å². The minimum atomic E-state index is -6.74. The van der Waals surface area contributed by atoms with Gasteiger partial charge in [0.25, 0.3) is 0 Å². The Kier molecular flexibility index (Phi) is 49.1. The minimum Gasteiger partial charge on any atom is -1.00 e. The van der Waals surface area contributed by atoms with Gasteiger partial charge in [0.05, 0.1) is 51.3 Å². The second kappa shape index (κ2) is 55.3. The van der Waals surface area contributed by atoms with Crippen LogP contribution in [0.4, 0.5) is 119 Å². The van der Waals surface area contributed by atoms with Crippen LogP contribution in [0, 0.1) is 51.8 Å². The first-order chi connectivity index (χ1) is 68.1. The molecule has 0 aliphatic heterocycles. The number of esters is 2. The topological polar surface area (TPSA) is 192 Å². The molecule has 3 radical (unpaired) electrons. The number of alkyl halides is 28. The summed E-state index contributed by atoms with van der Waals surface area (Å²) in [6, 6.07) is 18.1. The molecule has 15 atom stereocenters. The molecule has 845 valence electrons. The van der Waals surface area contributed by atoms with E-state index in [1.165, 1.54) is 33.4 Å². The second-order valence-electron chi connectivity index (χ2n) is 39.5. The van der Waals surface area contributed by atoms with E-state index < -0.39 is 111 Å². The third-order valence-electron chi connectivity index (χ3n) is 30.8. The van der Waals surface area contributed by atoms with Gasteiger partial charge in [-0.3, -0.25) is 9.59 Å². The van der Waals surface area contributed by atoms with Gasteiger partial charge in [0.15, 0.2) is 28.9 Å². The molecule has 0 N–H and O–H groups in total. The van der Waals surface area contributed by atoms with Gasteiger partial charge in [-0.1, -0.05) is 68.7 Å². The van der Waals surface area contributed by atoms with Gasteiger partial charge in [0.1, 0.15) is 50.3 Å². The Morgan fingerprint density at radius 2 is 0.644 bits per heavy atom. The Hall–Kier alpha value is -5.24. The fourth-order valence-electron chi connectivity index (χ4n) is 23.6. The van der Waals surface area contributed by atoms with Crippen molar-refractivity contribution >= 4 is 65.2 Å². The molecule has 149 heavy (non-hydrogen) atoms. The van der Waals surface area contributed by atoms with Crippen molar-refractivity contribution in [3.05, 3.63) is 88.0 Å². The summed E-state index contributed by atoms with van der Waals surface area (Å²) in [6.45, 7) is 12.0. The van der Waals surface area contributed by atoms with Gasteiger partial charge in [0, 0.05) is 72.7 Å². The number of carbonyl (C=O) groups is 4. The molecular weight excluding hydrogens is 2120 g/mol. The van der Waals surface area contributed by atoms with E-state index in [0.717, 1.165) is 127 Å². The van der Waals surface area contributed by atoms with E-state index in [1.54, 1.807) is 27.7 Å². The van der Waals surface area contributed by atoms with E-state index in [1.807, 2.05) is 37.4 Å². The number of nitrogens with zero attached hydrogens (tertiary/aromatic N) is 1. The van der Waals surface area contributed by atoms with Crippen molar-refractivity contribution < 1.29 is 220 Å². The van der Waals surface area contributed by atoms with Crippen LogP contribution in [0.5, 0.6) is 17.2 Å². The molecule has 3 aromatic rings. The SMILES string of the molecule is CCC(=O)COc1ccc2c(c1)CC[C@@H]1[C@@H]2CC[C@]2(C)[C@@H](OCCCOC(C(F)(F)F)(C(F)(F)F)C(F)(F)F)CC[C@@H]12.CCC(=O)COc1ccc2c(c1)CC[C@@H]1[C@@H]2CC[C@]2(C)[C@@H](OCCCOC(C(F)(F)F)(C(F)(F)F)C(F)(F)F)CC[C@@H]12.CCOC(=O)COCCCBr.CCOC(=O)COCCCN(C)CCOc1ccc2c(c1)CC[C@@H]1[C@@H]2CC[C@]2(C)[C@@H](OCCCOC(C(F)(F)F)(C(F)(F)F)C(F)(F)F)CC[C@@H]12.[AlH3].[B].[H-].[Li+]. The Bertz CT molecular complexity index is 4390. The maximum absolute atomic E-state index is 13.1. The van der Waals surface area contributed by atoms with Crippen LogP contribution in [0.1, 0.15) is 242 Å². The number of fused-ring (bicyclic) bond motifs is 15. The first-order valence-electron chi connectivity index (χ1n) is 49.5. The van der Waals surface area contributed by atoms with E-state index in [0.29, 0.717) is 125 Å². The molecular formula is C100H135AlBBrF27LiNO17. The minimum absolute atomic E-state index is 0. The van der Waals surface area contributed by atoms with Gasteiger partial charge in [-0.2, -0.15) is 119 Å². The van der Waals surface area contributed by atoms with Crippen molar-refractivity contribution in [2.45, 2.75) is 317 Å². The number of carbonyl (C=O) groups excluding carboxylic acids is 4. The summed E-state index contributed by atoms with van der Waals surface area (Å²) >= 11 is 3.25. The molecule has 0 unspecified atom stereocenters. The van der Waals surface area contributed by atoms with Gasteiger partial charge >= 0.3 is 103 Å². The molecule has 0 amide bonds. The number of ketones is 2. The summed E-state index contributed by atoms with van der Waals surface area (Å²) in [5.41, 5.74) is -12.1. The number of aryl methyl sites for hydroxylation is 3. The van der Waals surface area contributed by atoms with E-state index in [-0.39, 0.29) is 162 Å². The van der Waals surface area contributed by atoms with Crippen molar-refractivity contribution in [2.24, 2.45) is 51.8 Å². The Labute approximate surface area is 884 Å². The zero-order valence-corrected chi connectivity index (χ0v) is 85.7. The Balaban J connectivity index is 0.000000372. The number of likely N-dealkylation sites (N-methyl/N-ethyl adjacent to an activating group) is 1. The van der Waals surface area contributed by atoms with Gasteiger partial charge in [-0.25, -0.2) is 9.59 Å². The molecule has 0 bridgehead atoms. The van der Waals surface area contributed by atoms with Crippen LogP contribution in [0.15, 0.2) is 54.6 Å². The maximum atomic E-state index is 13.1. The molecule has 9 aliphatic rings. The summed E-state index contributed by atoms with van der Waals surface area (Å²) in [5.74, 6) is 4.46. The van der Waals surface area contributed by atoms with Gasteiger partial charge in [0.2, 0.25) is 0 Å². The maximum Gasteiger partial charge on any atom is 1.00 e. The fraction of sp³-hybridized carbons (Fsp3) is 0.780. The zero-order chi connectivity index (χ0) is 108. The smallest absolute Gasteiger partial charge is 1.00 e. The van der Waals surface area contributed by atoms with Gasteiger partial charge in [-0.15, -0.1) is 0 Å². The quantitative estimate of drug-likeness (QED) is 0.0171. The van der Waals surface area contributed by atoms with Crippen molar-refractivity contribution in [1.82, 2.24) is 4.90 Å². The molecule has 6 saturated carbocycles. The molecule has 12 rings (SSSR count). The molecule has 18 nitrogen and oxygen atoms in total. The molecule has 0 spiro atoms. The number of halogens is 28. The van der Waals surface area contributed by atoms with Crippen LogP contribution in [0.2, 0.25) is 0 Å². The average Bonchev–Trinajstić information content (AvgIpc) is 1.53. The van der Waals surface area contributed by atoms with E-state index in [9.17, 15) is 138 Å². The zero-order valence-electron chi connectivity index (χ0n) is 85.1. The van der Waals surface area contributed by atoms with Crippen molar-refractivity contribution in [2.75, 3.05) is 125 Å². The molecule has 9 aliphatic carbocycles. The largest absolute Gasteiger partial charge is 1.00 e. The summed E-state index contributed by atoms with van der Waals surface area (Å²) in [6.07, 6.45) is -45.9. The molecule has 0 aromatic heterocycles. The van der Waals surface area contributed by atoms with E-state index in [4.69, 9.17) is 42.6 Å². The number of benzene rings is 3. The normalized spacial score (nSPS) is 25.3. The van der Waals surface area contributed by atoms with Crippen LogP contribution in [-0.2, 0) is 85.8 Å². The Morgan fingerprint density at radius 3 is 0.913 bits per heavy atom. The van der Waals surface area contributed by atoms with Crippen LogP contribution in [-0.4, -0.2) is 269 Å². The van der Waals surface area contributed by atoms with E-state index in [2.05, 4.69) is 84.8 Å². The number of Topliss-reactive ketones (excluding diaryl/α,β-unsaturated/α-hetero) is 2. The number of hydrogen-bond donors (Lipinski definition) is 0. The third kappa shape index (κ3) is 31.1. The number of hydrogen-bond acceptors (Lipinski definition) is 18. The molecule has 0 heterocycles. The summed E-state index contributed by atoms with van der Waals surface area (Å²) in [4.78, 5) is 47.3. The first kappa shape index (κ1) is 132. The average molecular weight is 2260 g/mol. The molecule has 3 aromatic carbocycles. The first-order valence-corrected chi connectivity index (χ1v) is 50.6. The predicted molar refractivity (Wildman–Crippen MR) is 496 cm³/mol. The predicted octanol–water partition coefficient (Wildman–Crippen LogP) is 21.2. The summed E-state index contributed by atoms with van der Waals surface area (Å²) in [5, 5.41) is 0.899. The number of rotatable bonds is 43. The van der Waals surface area contributed by atoms with Gasteiger partial charge < -0.3 is 67.9 Å². The standard InChI is InChI=1S/C35H48F9NO6.2C29H35F9O4.C7H13BrO3.Al.B.Li.4H/c1-4-48-30(46)22-47-17-5-15-45(3)16-20-49-24-8-10-25-23(21-24)7-9-27-26(25)13-14-31(2)28(27)11-12-29(31)50-18-6-19-51-32(33(36,37)38,34(39,40)41)35(42,43)44;2*1-3-18(39)16-41-19-6-8-20-17(15-19)5-7-22-21(20)11-12-25(2)23(22)9-10-24(25)40-13-4-14-42-26(27(30,31)32,28(33,34)35)29(36,37)38;1-2-11-7(9)6-10-5-3-4-8;;;;;;;/h8,10,21,26-29H,4-7,9,11-20,22H2,1-3H3;2*6,8,15,21-24H,3-5,7,9-14,16H2,1-2H3;2-6H2,1H3;;;;;;;/q;;;;;;+1;;;;-1/t26-,27-,28+,29+,31+;2*21-,22-,23+,24+,25+;;;;;;;;/m111......../s1. The Morgan fingerprint density at radius 1 is 0.362 bits per heavy atom. The second-order valence-corrected chi connectivity index (χ2v) is 40.3. The third-order valence-corrected chi connectivity index (χ3v) is 31.4. The number of ether oxygens (including phenoxy) is 13. The van der Waals surface area contributed by atoms with Crippen molar-refractivity contribution in [3.8, 4) is 17.2 Å². The fourth-order valence-corrected chi connectivity index (χ4v) is 23.8. The van der Waals surface area contributed by atoms with Crippen molar-refractivity contribution in [1.29, 1.82) is 0 Å². The monoisotopic (exact) mass is 2260 g/mol. The summed E-state index contributed by atoms with van der Waals surface area (Å²) < 4.78 is 419. The van der Waals surface area contributed by atoms with Crippen LogP contribution in [0.3, 0.4) is 0 Å². The van der Waals surface area contributed by atoms with Crippen LogP contribution in [0.25, 0.3) is 0 Å². The molecule has 0 saturated heterocycles. The molecule has 6 fully saturated rings.